The third-order valence-corrected chi connectivity index (χ3v) is 8.19. The summed E-state index contributed by atoms with van der Waals surface area (Å²) in [5, 5.41) is 6.95. The second-order valence-electron chi connectivity index (χ2n) is 11.0. The lowest BCUT2D eigenvalue weighted by Gasteiger charge is -2.54. The molecule has 0 saturated heterocycles. The van der Waals surface area contributed by atoms with E-state index in [1.165, 1.54) is 57.1 Å². The number of pyridine rings is 1. The summed E-state index contributed by atoms with van der Waals surface area (Å²) in [4.78, 5) is 17.5. The monoisotopic (exact) mass is 472 g/mol. The third-order valence-electron chi connectivity index (χ3n) is 8.19. The molecule has 5 saturated carbocycles. The Hall–Kier alpha value is -2.45. The molecule has 2 aromatic heterocycles. The Balaban J connectivity index is 1.30. The van der Waals surface area contributed by atoms with E-state index in [2.05, 4.69) is 37.5 Å². The van der Waals surface area contributed by atoms with E-state index < -0.39 is 11.9 Å². The highest BCUT2D eigenvalue weighted by Gasteiger charge is 2.48. The van der Waals surface area contributed by atoms with Crippen LogP contribution >= 0.6 is 0 Å². The van der Waals surface area contributed by atoms with Crippen molar-refractivity contribution in [2.45, 2.75) is 76.6 Å². The summed E-state index contributed by atoms with van der Waals surface area (Å²) in [6.07, 6.45) is 5.39. The maximum atomic E-state index is 13.3. The minimum atomic E-state index is -4.52. The van der Waals surface area contributed by atoms with Crippen LogP contribution in [0.2, 0.25) is 0 Å². The summed E-state index contributed by atoms with van der Waals surface area (Å²) in [5.74, 6) is 4.66. The zero-order chi connectivity index (χ0) is 23.4. The molecule has 5 fully saturated rings. The second-order valence-corrected chi connectivity index (χ2v) is 11.0. The first-order valence-electron chi connectivity index (χ1n) is 12.6. The smallest absolute Gasteiger partial charge is 0.352 e. The van der Waals surface area contributed by atoms with Crippen LogP contribution in [0.15, 0.2) is 18.2 Å². The summed E-state index contributed by atoms with van der Waals surface area (Å²) in [5.41, 5.74) is -0.846. The molecule has 6 nitrogen and oxygen atoms in total. The molecule has 0 spiro atoms. The van der Waals surface area contributed by atoms with Gasteiger partial charge < -0.3 is 10.6 Å². The van der Waals surface area contributed by atoms with Gasteiger partial charge in [-0.3, -0.25) is 0 Å². The molecule has 0 aromatic carbocycles. The molecule has 2 heterocycles. The van der Waals surface area contributed by atoms with Crippen molar-refractivity contribution in [3.63, 3.8) is 0 Å². The fraction of sp³-hybridized carbons (Fsp3) is 0.680. The number of halogens is 3. The Morgan fingerprint density at radius 2 is 1.59 bits per heavy atom. The van der Waals surface area contributed by atoms with Crippen molar-refractivity contribution in [3.8, 4) is 11.5 Å². The predicted molar refractivity (Wildman–Crippen MR) is 123 cm³/mol. The van der Waals surface area contributed by atoms with E-state index in [0.717, 1.165) is 30.2 Å². The molecule has 5 aliphatic rings. The van der Waals surface area contributed by atoms with Gasteiger partial charge in [0.1, 0.15) is 11.4 Å². The average Bonchev–Trinajstić information content (AvgIpc) is 3.59. The highest BCUT2D eigenvalue weighted by atomic mass is 19.4. The highest BCUT2D eigenvalue weighted by molar-refractivity contribution is 5.54. The number of aromatic nitrogens is 4. The Morgan fingerprint density at radius 3 is 2.24 bits per heavy atom. The molecule has 9 heteroatoms. The zero-order valence-electron chi connectivity index (χ0n) is 19.4. The topological polar surface area (TPSA) is 75.6 Å². The lowest BCUT2D eigenvalue weighted by atomic mass is 9.54. The SMILES string of the molecule is C[C@H](CC1CC1)Nc1nc(NC2C3CC4CC(C3)CC2C4)nc(-c2cccc(C(F)(F)F)n2)n1. The molecule has 0 amide bonds. The molecule has 182 valence electrons. The Morgan fingerprint density at radius 1 is 0.912 bits per heavy atom. The van der Waals surface area contributed by atoms with Gasteiger partial charge in [0.25, 0.3) is 0 Å². The van der Waals surface area contributed by atoms with E-state index in [4.69, 9.17) is 0 Å². The van der Waals surface area contributed by atoms with Gasteiger partial charge in [-0.15, -0.1) is 0 Å². The zero-order valence-corrected chi connectivity index (χ0v) is 19.4. The maximum absolute atomic E-state index is 13.3. The molecule has 0 unspecified atom stereocenters. The largest absolute Gasteiger partial charge is 0.433 e. The summed E-state index contributed by atoms with van der Waals surface area (Å²) in [6.45, 7) is 2.09. The molecule has 2 N–H and O–H groups in total. The Bertz CT molecular complexity index is 1030. The maximum Gasteiger partial charge on any atom is 0.433 e. The van der Waals surface area contributed by atoms with Crippen molar-refractivity contribution < 1.29 is 13.2 Å². The van der Waals surface area contributed by atoms with Crippen molar-refractivity contribution >= 4 is 11.9 Å². The van der Waals surface area contributed by atoms with Gasteiger partial charge in [-0.2, -0.15) is 28.1 Å². The van der Waals surface area contributed by atoms with Gasteiger partial charge in [-0.25, -0.2) is 4.98 Å². The summed E-state index contributed by atoms with van der Waals surface area (Å²) >= 11 is 0. The molecular weight excluding hydrogens is 441 g/mol. The number of nitrogens with zero attached hydrogens (tertiary/aromatic N) is 4. The van der Waals surface area contributed by atoms with Crippen LogP contribution in [0.5, 0.6) is 0 Å². The standard InChI is InChI=1S/C25H31F3N6/c1-13(7-14-5-6-14)29-23-32-22(19-3-2-4-20(30-19)25(26,27)28)33-24(34-23)31-21-17-9-15-8-16(11-17)12-18(21)10-15/h2-4,13-18,21H,5-12H2,1H3,(H2,29,31,32,33,34)/t13-,15?,16?,17?,18?,21?/m1/s1. The van der Waals surface area contributed by atoms with Gasteiger partial charge in [0.2, 0.25) is 11.9 Å². The minimum absolute atomic E-state index is 0.100. The lowest BCUT2D eigenvalue weighted by molar-refractivity contribution is -0.141. The first kappa shape index (κ1) is 22.0. The Labute approximate surface area is 197 Å². The van der Waals surface area contributed by atoms with Crippen LogP contribution in [0.4, 0.5) is 25.1 Å². The molecule has 1 atom stereocenters. The first-order chi connectivity index (χ1) is 16.3. The lowest BCUT2D eigenvalue weighted by Crippen LogP contribution is -2.51. The third kappa shape index (κ3) is 4.58. The van der Waals surface area contributed by atoms with Crippen LogP contribution < -0.4 is 10.6 Å². The van der Waals surface area contributed by atoms with Gasteiger partial charge in [0, 0.05) is 12.1 Å². The predicted octanol–water partition coefficient (Wildman–Crippen LogP) is 5.79. The molecule has 0 radical (unpaired) electrons. The molecule has 4 bridgehead atoms. The van der Waals surface area contributed by atoms with Crippen LogP contribution in [0.3, 0.4) is 0 Å². The molecule has 0 aliphatic heterocycles. The number of rotatable bonds is 7. The first-order valence-corrected chi connectivity index (χ1v) is 12.6. The number of hydrogen-bond donors (Lipinski definition) is 2. The van der Waals surface area contributed by atoms with Gasteiger partial charge >= 0.3 is 6.18 Å². The number of alkyl halides is 3. The summed E-state index contributed by atoms with van der Waals surface area (Å²) in [6, 6.07) is 4.33. The van der Waals surface area contributed by atoms with Crippen LogP contribution in [0.1, 0.15) is 64.0 Å². The quantitative estimate of drug-likeness (QED) is 0.531. The highest BCUT2D eigenvalue weighted by Crippen LogP contribution is 2.54. The number of hydrogen-bond acceptors (Lipinski definition) is 6. The average molecular weight is 473 g/mol. The molecule has 7 rings (SSSR count). The van der Waals surface area contributed by atoms with Crippen molar-refractivity contribution in [2.24, 2.45) is 29.6 Å². The van der Waals surface area contributed by atoms with Crippen molar-refractivity contribution in [1.82, 2.24) is 19.9 Å². The van der Waals surface area contributed by atoms with Gasteiger partial charge in [-0.05, 0) is 87.2 Å². The van der Waals surface area contributed by atoms with Gasteiger partial charge in [0.05, 0.1) is 0 Å². The fourth-order valence-corrected chi connectivity index (χ4v) is 6.78. The van der Waals surface area contributed by atoms with E-state index in [1.807, 2.05) is 0 Å². The fourth-order valence-electron chi connectivity index (χ4n) is 6.78. The van der Waals surface area contributed by atoms with Crippen LogP contribution in [0.25, 0.3) is 11.5 Å². The number of nitrogens with one attached hydrogen (secondary N) is 2. The van der Waals surface area contributed by atoms with Crippen molar-refractivity contribution in [3.05, 3.63) is 23.9 Å². The molecule has 2 aromatic rings. The molecular formula is C25H31F3N6. The molecule has 5 aliphatic carbocycles. The van der Waals surface area contributed by atoms with E-state index in [-0.39, 0.29) is 17.6 Å². The van der Waals surface area contributed by atoms with E-state index in [0.29, 0.717) is 29.8 Å². The van der Waals surface area contributed by atoms with E-state index in [9.17, 15) is 13.2 Å². The number of anilines is 2. The van der Waals surface area contributed by atoms with E-state index >= 15 is 0 Å². The molecule has 34 heavy (non-hydrogen) atoms. The Kier molecular flexibility index (Phi) is 5.41. The minimum Gasteiger partial charge on any atom is -0.352 e. The van der Waals surface area contributed by atoms with Crippen LogP contribution in [-0.4, -0.2) is 32.0 Å². The van der Waals surface area contributed by atoms with Crippen molar-refractivity contribution in [1.29, 1.82) is 0 Å². The van der Waals surface area contributed by atoms with Crippen LogP contribution in [0, 0.1) is 29.6 Å². The van der Waals surface area contributed by atoms with Gasteiger partial charge in [-0.1, -0.05) is 18.9 Å². The van der Waals surface area contributed by atoms with E-state index in [1.54, 1.807) is 0 Å². The van der Waals surface area contributed by atoms with Crippen molar-refractivity contribution in [2.75, 3.05) is 10.6 Å². The van der Waals surface area contributed by atoms with Gasteiger partial charge in [0.15, 0.2) is 5.82 Å². The second kappa shape index (κ2) is 8.34. The normalized spacial score (nSPS) is 30.9. The van der Waals surface area contributed by atoms with Crippen LogP contribution in [-0.2, 0) is 6.18 Å². The summed E-state index contributed by atoms with van der Waals surface area (Å²) < 4.78 is 39.8. The summed E-state index contributed by atoms with van der Waals surface area (Å²) in [7, 11) is 0.